The zero-order chi connectivity index (χ0) is 17.4. The molecule has 0 spiro atoms. The third-order valence-electron chi connectivity index (χ3n) is 5.61. The Bertz CT molecular complexity index is 878. The van der Waals surface area contributed by atoms with Crippen molar-refractivity contribution in [3.05, 3.63) is 39.2 Å². The average Bonchev–Trinajstić information content (AvgIpc) is 2.86. The van der Waals surface area contributed by atoms with Crippen molar-refractivity contribution in [3.63, 3.8) is 0 Å². The van der Waals surface area contributed by atoms with E-state index in [0.717, 1.165) is 73.4 Å². The molecule has 2 aliphatic carbocycles. The number of rotatable bonds is 2. The zero-order valence-corrected chi connectivity index (χ0v) is 14.7. The second-order valence-corrected chi connectivity index (χ2v) is 7.29. The summed E-state index contributed by atoms with van der Waals surface area (Å²) in [6.07, 6.45) is 8.02. The molecule has 0 unspecified atom stereocenters. The van der Waals surface area contributed by atoms with Crippen LogP contribution in [0.15, 0.2) is 21.3 Å². The lowest BCUT2D eigenvalue weighted by Gasteiger charge is -2.23. The number of carbonyl (C=O) groups is 1. The Morgan fingerprint density at radius 2 is 1.72 bits per heavy atom. The van der Waals surface area contributed by atoms with Crippen LogP contribution >= 0.6 is 0 Å². The van der Waals surface area contributed by atoms with Gasteiger partial charge in [-0.2, -0.15) is 0 Å². The highest BCUT2D eigenvalue weighted by Crippen LogP contribution is 2.33. The first kappa shape index (κ1) is 16.4. The lowest BCUT2D eigenvalue weighted by atomic mass is 9.96. The van der Waals surface area contributed by atoms with Crippen molar-refractivity contribution in [1.29, 1.82) is 0 Å². The van der Waals surface area contributed by atoms with Crippen LogP contribution in [-0.4, -0.2) is 11.9 Å². The van der Waals surface area contributed by atoms with E-state index in [4.69, 9.17) is 9.15 Å². The minimum absolute atomic E-state index is 0.175. The Hall–Kier alpha value is -2.10. The van der Waals surface area contributed by atoms with E-state index in [2.05, 4.69) is 0 Å². The van der Waals surface area contributed by atoms with Gasteiger partial charge in [0.2, 0.25) is 0 Å². The molecule has 132 valence electrons. The van der Waals surface area contributed by atoms with E-state index in [9.17, 15) is 9.59 Å². The van der Waals surface area contributed by atoms with Crippen LogP contribution in [0.25, 0.3) is 11.0 Å². The number of Topliss-reactive ketones (excluding diaryl/α,β-unsaturated/α-hetero) is 1. The van der Waals surface area contributed by atoms with Crippen LogP contribution < -0.4 is 10.4 Å². The largest absolute Gasteiger partial charge is 0.482 e. The highest BCUT2D eigenvalue weighted by atomic mass is 16.5. The molecule has 0 amide bonds. The number of fused-ring (bicyclic) bond motifs is 3. The van der Waals surface area contributed by atoms with Crippen LogP contribution in [0.3, 0.4) is 0 Å². The molecule has 0 saturated heterocycles. The zero-order valence-electron chi connectivity index (χ0n) is 14.7. The van der Waals surface area contributed by atoms with Gasteiger partial charge in [-0.25, -0.2) is 4.79 Å². The fraction of sp³-hybridized carbons (Fsp3) is 0.524. The minimum atomic E-state index is -0.363. The maximum absolute atomic E-state index is 12.5. The number of ether oxygens (including phenoxy) is 1. The van der Waals surface area contributed by atoms with Gasteiger partial charge in [-0.05, 0) is 69.6 Å². The summed E-state index contributed by atoms with van der Waals surface area (Å²) in [6, 6.07) is 3.93. The Morgan fingerprint density at radius 3 is 2.52 bits per heavy atom. The molecule has 4 rings (SSSR count). The molecule has 1 fully saturated rings. The van der Waals surface area contributed by atoms with E-state index < -0.39 is 0 Å². The molecule has 1 aromatic carbocycles. The number of carbonyl (C=O) groups excluding carboxylic acids is 1. The van der Waals surface area contributed by atoms with Crippen LogP contribution in [0.1, 0.15) is 61.6 Å². The summed E-state index contributed by atoms with van der Waals surface area (Å²) in [6.45, 7) is 1.91. The van der Waals surface area contributed by atoms with Crippen molar-refractivity contribution in [3.8, 4) is 5.75 Å². The van der Waals surface area contributed by atoms with Gasteiger partial charge in [0, 0.05) is 22.9 Å². The third-order valence-corrected chi connectivity index (χ3v) is 5.61. The summed E-state index contributed by atoms with van der Waals surface area (Å²) in [5.74, 6) is 0.832. The molecule has 25 heavy (non-hydrogen) atoms. The van der Waals surface area contributed by atoms with E-state index in [1.165, 1.54) is 0 Å². The predicted molar refractivity (Wildman–Crippen MR) is 96.4 cm³/mol. The Morgan fingerprint density at radius 1 is 0.960 bits per heavy atom. The van der Waals surface area contributed by atoms with Gasteiger partial charge in [-0.1, -0.05) is 6.42 Å². The molecular formula is C21H24O4. The van der Waals surface area contributed by atoms with Gasteiger partial charge in [0.15, 0.2) is 11.9 Å². The van der Waals surface area contributed by atoms with E-state index in [-0.39, 0.29) is 17.5 Å². The second kappa shape index (κ2) is 6.66. The summed E-state index contributed by atoms with van der Waals surface area (Å²) < 4.78 is 11.7. The van der Waals surface area contributed by atoms with Gasteiger partial charge in [0.1, 0.15) is 11.3 Å². The lowest BCUT2D eigenvalue weighted by molar-refractivity contribution is -0.127. The van der Waals surface area contributed by atoms with Crippen molar-refractivity contribution in [1.82, 2.24) is 0 Å². The van der Waals surface area contributed by atoms with E-state index in [1.807, 2.05) is 19.1 Å². The Balaban J connectivity index is 1.78. The van der Waals surface area contributed by atoms with Crippen LogP contribution in [0, 0.1) is 6.92 Å². The quantitative estimate of drug-likeness (QED) is 0.605. The number of benzene rings is 1. The molecule has 0 bridgehead atoms. The van der Waals surface area contributed by atoms with Crippen LogP contribution in [0.5, 0.6) is 5.75 Å². The number of aryl methyl sites for hydroxylation is 2. The van der Waals surface area contributed by atoms with Crippen LogP contribution in [-0.2, 0) is 17.6 Å². The van der Waals surface area contributed by atoms with Gasteiger partial charge in [0.25, 0.3) is 0 Å². The first-order valence-corrected chi connectivity index (χ1v) is 9.42. The molecule has 2 aromatic rings. The second-order valence-electron chi connectivity index (χ2n) is 7.29. The maximum atomic E-state index is 12.5. The first-order valence-electron chi connectivity index (χ1n) is 9.42. The molecule has 0 aliphatic heterocycles. The van der Waals surface area contributed by atoms with Crippen molar-refractivity contribution in [2.45, 2.75) is 70.8 Å². The van der Waals surface area contributed by atoms with E-state index in [1.54, 1.807) is 0 Å². The molecule has 1 atom stereocenters. The summed E-state index contributed by atoms with van der Waals surface area (Å²) in [7, 11) is 0. The van der Waals surface area contributed by atoms with Crippen LogP contribution in [0.2, 0.25) is 0 Å². The third kappa shape index (κ3) is 2.99. The minimum Gasteiger partial charge on any atom is -0.482 e. The number of hydrogen-bond donors (Lipinski definition) is 0. The van der Waals surface area contributed by atoms with Crippen molar-refractivity contribution in [2.24, 2.45) is 0 Å². The number of hydrogen-bond acceptors (Lipinski definition) is 4. The molecule has 0 radical (unpaired) electrons. The Labute approximate surface area is 147 Å². The number of ketones is 1. The van der Waals surface area contributed by atoms with E-state index >= 15 is 0 Å². The highest BCUT2D eigenvalue weighted by Gasteiger charge is 2.25. The summed E-state index contributed by atoms with van der Waals surface area (Å²) in [5.41, 5.74) is 3.22. The average molecular weight is 340 g/mol. The molecular weight excluding hydrogens is 316 g/mol. The monoisotopic (exact) mass is 340 g/mol. The van der Waals surface area contributed by atoms with Crippen molar-refractivity contribution < 1.29 is 13.9 Å². The van der Waals surface area contributed by atoms with Crippen LogP contribution in [0.4, 0.5) is 0 Å². The highest BCUT2D eigenvalue weighted by molar-refractivity contribution is 5.87. The lowest BCUT2D eigenvalue weighted by Crippen LogP contribution is -2.30. The Kier molecular flexibility index (Phi) is 4.36. The summed E-state index contributed by atoms with van der Waals surface area (Å²) in [4.78, 5) is 24.5. The normalized spacial score (nSPS) is 21.0. The first-order chi connectivity index (χ1) is 12.1. The molecule has 1 heterocycles. The van der Waals surface area contributed by atoms with E-state index in [0.29, 0.717) is 17.8 Å². The fourth-order valence-corrected chi connectivity index (χ4v) is 4.16. The summed E-state index contributed by atoms with van der Waals surface area (Å²) in [5, 5.41) is 1.02. The molecule has 4 heteroatoms. The van der Waals surface area contributed by atoms with Crippen molar-refractivity contribution >= 4 is 16.8 Å². The van der Waals surface area contributed by atoms with Crippen molar-refractivity contribution in [2.75, 3.05) is 0 Å². The molecule has 4 nitrogen and oxygen atoms in total. The van der Waals surface area contributed by atoms with Gasteiger partial charge in [-0.3, -0.25) is 4.79 Å². The SMILES string of the molecule is Cc1c(O[C@H]2CCCCC2=O)ccc2c3c(c(=O)oc12)CCCCC3. The summed E-state index contributed by atoms with van der Waals surface area (Å²) >= 11 is 0. The molecule has 0 N–H and O–H groups in total. The van der Waals surface area contributed by atoms with Gasteiger partial charge in [0.05, 0.1) is 0 Å². The fourth-order valence-electron chi connectivity index (χ4n) is 4.16. The van der Waals surface area contributed by atoms with Gasteiger partial charge in [-0.15, -0.1) is 0 Å². The van der Waals surface area contributed by atoms with Gasteiger partial charge >= 0.3 is 5.63 Å². The molecule has 1 aromatic heterocycles. The predicted octanol–water partition coefficient (Wildman–Crippen LogP) is 4.26. The standard InChI is InChI=1S/C21H24O4/c1-13-18(24-19-10-6-5-9-17(19)22)12-11-15-14-7-3-2-4-8-16(14)21(23)25-20(13)15/h11-12,19H,2-10H2,1H3/t19-/m0/s1. The molecule has 2 aliphatic rings. The topological polar surface area (TPSA) is 56.5 Å². The van der Waals surface area contributed by atoms with Gasteiger partial charge < -0.3 is 9.15 Å². The smallest absolute Gasteiger partial charge is 0.339 e. The maximum Gasteiger partial charge on any atom is 0.339 e. The molecule has 1 saturated carbocycles.